The second-order valence-electron chi connectivity index (χ2n) is 3.19. The molecular formula is C8H13N3. The van der Waals surface area contributed by atoms with Crippen LogP contribution in [0.5, 0.6) is 0 Å². The van der Waals surface area contributed by atoms with Gasteiger partial charge in [-0.2, -0.15) is 0 Å². The number of rotatable bonds is 2. The molecule has 1 aromatic rings. The third kappa shape index (κ3) is 1.16. The first-order valence-electron chi connectivity index (χ1n) is 4.13. The van der Waals surface area contributed by atoms with Crippen molar-refractivity contribution in [2.24, 2.45) is 11.7 Å². The number of imidazole rings is 1. The number of hydrogen-bond donors (Lipinski definition) is 2. The van der Waals surface area contributed by atoms with Gasteiger partial charge in [0.15, 0.2) is 0 Å². The molecule has 3 heteroatoms. The molecule has 1 saturated carbocycles. The number of nitrogens with one attached hydrogen (secondary N) is 1. The molecule has 3 N–H and O–H groups in total. The zero-order valence-electron chi connectivity index (χ0n) is 6.46. The second kappa shape index (κ2) is 2.66. The van der Waals surface area contributed by atoms with Gasteiger partial charge in [-0.05, 0) is 18.8 Å². The lowest BCUT2D eigenvalue weighted by Gasteiger charge is -2.29. The average Bonchev–Trinajstić information content (AvgIpc) is 2.32. The number of H-pyrrole nitrogens is 1. The first-order chi connectivity index (χ1) is 5.38. The Balaban J connectivity index is 2.04. The summed E-state index contributed by atoms with van der Waals surface area (Å²) in [5.74, 6) is 1.61. The Kier molecular flexibility index (Phi) is 1.66. The molecule has 1 aromatic heterocycles. The maximum absolute atomic E-state index is 5.95. The van der Waals surface area contributed by atoms with Gasteiger partial charge >= 0.3 is 0 Å². The molecule has 1 aliphatic carbocycles. The van der Waals surface area contributed by atoms with E-state index in [0.29, 0.717) is 5.92 Å². The van der Waals surface area contributed by atoms with Crippen LogP contribution in [0.25, 0.3) is 0 Å². The fraction of sp³-hybridized carbons (Fsp3) is 0.625. The molecule has 0 aromatic carbocycles. The number of nitrogens with two attached hydrogens (primary N) is 1. The van der Waals surface area contributed by atoms with Crippen LogP contribution in [0.15, 0.2) is 12.4 Å². The highest BCUT2D eigenvalue weighted by Gasteiger charge is 2.26. The van der Waals surface area contributed by atoms with Crippen molar-refractivity contribution in [3.63, 3.8) is 0 Å². The second-order valence-corrected chi connectivity index (χ2v) is 3.19. The predicted octanol–water partition coefficient (Wildman–Crippen LogP) is 1.21. The van der Waals surface area contributed by atoms with E-state index in [1.807, 2.05) is 6.20 Å². The topological polar surface area (TPSA) is 54.7 Å². The fourth-order valence-electron chi connectivity index (χ4n) is 1.48. The highest BCUT2D eigenvalue weighted by atomic mass is 14.9. The summed E-state index contributed by atoms with van der Waals surface area (Å²) in [7, 11) is 0. The van der Waals surface area contributed by atoms with Crippen LogP contribution in [0.3, 0.4) is 0 Å². The normalized spacial score (nSPS) is 21.2. The van der Waals surface area contributed by atoms with Gasteiger partial charge in [0.1, 0.15) is 5.82 Å². The molecule has 0 amide bonds. The van der Waals surface area contributed by atoms with Crippen LogP contribution in [-0.4, -0.2) is 9.97 Å². The largest absolute Gasteiger partial charge is 0.347 e. The van der Waals surface area contributed by atoms with Gasteiger partial charge in [-0.25, -0.2) is 4.98 Å². The maximum Gasteiger partial charge on any atom is 0.123 e. The van der Waals surface area contributed by atoms with Crippen LogP contribution in [0, 0.1) is 5.92 Å². The van der Waals surface area contributed by atoms with Crippen molar-refractivity contribution >= 4 is 0 Å². The van der Waals surface area contributed by atoms with E-state index < -0.39 is 0 Å². The van der Waals surface area contributed by atoms with Gasteiger partial charge in [0.2, 0.25) is 0 Å². The molecule has 1 atom stereocenters. The highest BCUT2D eigenvalue weighted by Crippen LogP contribution is 2.34. The van der Waals surface area contributed by atoms with Crippen LogP contribution in [0.2, 0.25) is 0 Å². The Bertz CT molecular complexity index is 213. The Morgan fingerprint density at radius 3 is 2.91 bits per heavy atom. The maximum atomic E-state index is 5.95. The van der Waals surface area contributed by atoms with Crippen molar-refractivity contribution < 1.29 is 0 Å². The van der Waals surface area contributed by atoms with E-state index in [2.05, 4.69) is 9.97 Å². The number of aromatic nitrogens is 2. The summed E-state index contributed by atoms with van der Waals surface area (Å²) in [4.78, 5) is 7.19. The van der Waals surface area contributed by atoms with Crippen molar-refractivity contribution in [1.82, 2.24) is 9.97 Å². The Hall–Kier alpha value is -0.830. The summed E-state index contributed by atoms with van der Waals surface area (Å²) >= 11 is 0. The molecule has 2 rings (SSSR count). The lowest BCUT2D eigenvalue weighted by molar-refractivity contribution is 0.258. The zero-order valence-corrected chi connectivity index (χ0v) is 6.46. The van der Waals surface area contributed by atoms with Crippen molar-refractivity contribution in [2.75, 3.05) is 0 Å². The number of aromatic amines is 1. The molecule has 11 heavy (non-hydrogen) atoms. The molecule has 0 aliphatic heterocycles. The summed E-state index contributed by atoms with van der Waals surface area (Å²) in [6.07, 6.45) is 7.45. The molecular weight excluding hydrogens is 138 g/mol. The van der Waals surface area contributed by atoms with Gasteiger partial charge in [0, 0.05) is 12.4 Å². The van der Waals surface area contributed by atoms with E-state index in [-0.39, 0.29) is 6.04 Å². The van der Waals surface area contributed by atoms with Crippen LogP contribution in [0.4, 0.5) is 0 Å². The van der Waals surface area contributed by atoms with Crippen LogP contribution in [0.1, 0.15) is 31.1 Å². The molecule has 1 heterocycles. The minimum Gasteiger partial charge on any atom is -0.347 e. The standard InChI is InChI=1S/C8H13N3/c9-7(6-2-1-3-6)8-10-4-5-11-8/h4-7H,1-3,9H2,(H,10,11). The summed E-state index contributed by atoms with van der Waals surface area (Å²) in [6.45, 7) is 0. The first kappa shape index (κ1) is 6.85. The van der Waals surface area contributed by atoms with Crippen molar-refractivity contribution in [3.05, 3.63) is 18.2 Å². The number of nitrogens with zero attached hydrogens (tertiary/aromatic N) is 1. The lowest BCUT2D eigenvalue weighted by atomic mass is 9.80. The predicted molar refractivity (Wildman–Crippen MR) is 42.9 cm³/mol. The highest BCUT2D eigenvalue weighted by molar-refractivity contribution is 4.98. The molecule has 1 fully saturated rings. The Morgan fingerprint density at radius 1 is 1.64 bits per heavy atom. The van der Waals surface area contributed by atoms with E-state index in [4.69, 9.17) is 5.73 Å². The van der Waals surface area contributed by atoms with Gasteiger partial charge in [-0.3, -0.25) is 0 Å². The van der Waals surface area contributed by atoms with Crippen molar-refractivity contribution in [2.45, 2.75) is 25.3 Å². The third-order valence-electron chi connectivity index (χ3n) is 2.49. The molecule has 60 valence electrons. The molecule has 3 nitrogen and oxygen atoms in total. The van der Waals surface area contributed by atoms with E-state index in [1.165, 1.54) is 19.3 Å². The van der Waals surface area contributed by atoms with Gasteiger partial charge in [-0.15, -0.1) is 0 Å². The molecule has 0 radical (unpaired) electrons. The molecule has 1 unspecified atom stereocenters. The van der Waals surface area contributed by atoms with Crippen molar-refractivity contribution in [3.8, 4) is 0 Å². The molecule has 0 spiro atoms. The number of hydrogen-bond acceptors (Lipinski definition) is 2. The lowest BCUT2D eigenvalue weighted by Crippen LogP contribution is -2.27. The SMILES string of the molecule is NC(c1ncc[nH]1)C1CCC1. The van der Waals surface area contributed by atoms with E-state index >= 15 is 0 Å². The smallest absolute Gasteiger partial charge is 0.123 e. The zero-order chi connectivity index (χ0) is 7.68. The summed E-state index contributed by atoms with van der Waals surface area (Å²) < 4.78 is 0. The summed E-state index contributed by atoms with van der Waals surface area (Å²) in [5.41, 5.74) is 5.95. The van der Waals surface area contributed by atoms with Gasteiger partial charge < -0.3 is 10.7 Å². The molecule has 1 aliphatic rings. The Morgan fingerprint density at radius 2 is 2.45 bits per heavy atom. The van der Waals surface area contributed by atoms with Gasteiger partial charge in [0.05, 0.1) is 6.04 Å². The summed E-state index contributed by atoms with van der Waals surface area (Å²) in [5, 5.41) is 0. The monoisotopic (exact) mass is 151 g/mol. The minimum absolute atomic E-state index is 0.138. The Labute approximate surface area is 66.0 Å². The van der Waals surface area contributed by atoms with E-state index in [1.54, 1.807) is 6.20 Å². The average molecular weight is 151 g/mol. The molecule has 0 saturated heterocycles. The van der Waals surface area contributed by atoms with E-state index in [0.717, 1.165) is 5.82 Å². The van der Waals surface area contributed by atoms with Crippen molar-refractivity contribution in [1.29, 1.82) is 0 Å². The fourth-order valence-corrected chi connectivity index (χ4v) is 1.48. The van der Waals surface area contributed by atoms with Gasteiger partial charge in [0.25, 0.3) is 0 Å². The van der Waals surface area contributed by atoms with Gasteiger partial charge in [-0.1, -0.05) is 6.42 Å². The first-order valence-corrected chi connectivity index (χ1v) is 4.13. The summed E-state index contributed by atoms with van der Waals surface area (Å²) in [6, 6.07) is 0.138. The quantitative estimate of drug-likeness (QED) is 0.667. The van der Waals surface area contributed by atoms with Crippen LogP contribution in [-0.2, 0) is 0 Å². The third-order valence-corrected chi connectivity index (χ3v) is 2.49. The van der Waals surface area contributed by atoms with E-state index in [9.17, 15) is 0 Å². The van der Waals surface area contributed by atoms with Crippen LogP contribution >= 0.6 is 0 Å². The molecule has 0 bridgehead atoms. The minimum atomic E-state index is 0.138. The van der Waals surface area contributed by atoms with Crippen LogP contribution < -0.4 is 5.73 Å².